The van der Waals surface area contributed by atoms with Crippen molar-refractivity contribution in [2.24, 2.45) is 71.0 Å². The molecule has 6 bridgehead atoms. The van der Waals surface area contributed by atoms with Crippen LogP contribution >= 0.6 is 0 Å². The third kappa shape index (κ3) is 9.04. The molecule has 20 heteroatoms. The molecule has 24 atom stereocenters. The largest absolute Gasteiger partial charge is 0.463 e. The van der Waals surface area contributed by atoms with Crippen LogP contribution in [0.5, 0.6) is 0 Å². The zero-order chi connectivity index (χ0) is 54.2. The second-order valence-corrected chi connectivity index (χ2v) is 26.9. The van der Waals surface area contributed by atoms with Gasteiger partial charge in [0.05, 0.1) is 37.6 Å². The maximum absolute atomic E-state index is 14.3. The van der Waals surface area contributed by atoms with Crippen LogP contribution in [0.4, 0.5) is 0 Å². The standard InChI is InChI=1S/C57H85NO19/c1-29-11-14-39-32(4)42(66-48-55(39)36(29)17-20-51(8,69-48)72-75-55)23-45(60)63-26-54(58-35(7)59,27-64-46(61)24-43-33(5)40-15-12-30(2)37-18-21-52(9)70-49(67-43)56(37,40)76-73-52)28-65-47(62)25-44-34(6)41-16-13-31(3)38-19-22-53(10)71-50(68-44)57(38,41)77-74-53/h29-34,36-44,48-50H,11-28H2,1-10H3,(H,58,59)/t29-,30-,31-,32-,33-,34-,36+,37+,38+,39+,40+,41+,42?,43?,44?,48-,49-,50-,51?,52?,53?,54?,55-,56-,57-/m1/s1. The predicted molar refractivity (Wildman–Crippen MR) is 264 cm³/mol. The molecule has 3 saturated carbocycles. The molecule has 432 valence electrons. The minimum Gasteiger partial charge on any atom is -0.463 e. The van der Waals surface area contributed by atoms with Gasteiger partial charge in [0.25, 0.3) is 0 Å². The van der Waals surface area contributed by atoms with Crippen LogP contribution in [0, 0.1) is 71.0 Å². The summed E-state index contributed by atoms with van der Waals surface area (Å²) in [5.74, 6) is -4.32. The van der Waals surface area contributed by atoms with Crippen LogP contribution in [-0.2, 0) is 91.1 Å². The molecule has 1 amide bonds. The summed E-state index contributed by atoms with van der Waals surface area (Å²) in [6, 6.07) is 0. The van der Waals surface area contributed by atoms with Gasteiger partial charge in [-0.3, -0.25) is 19.2 Å². The van der Waals surface area contributed by atoms with E-state index in [2.05, 4.69) is 46.9 Å². The van der Waals surface area contributed by atoms with Crippen LogP contribution < -0.4 is 5.32 Å². The molecule has 0 radical (unpaired) electrons. The van der Waals surface area contributed by atoms with Gasteiger partial charge in [-0.05, 0) is 132 Å². The molecular formula is C57H85NO19. The van der Waals surface area contributed by atoms with E-state index >= 15 is 0 Å². The molecular weight excluding hydrogens is 1000 g/mol. The summed E-state index contributed by atoms with van der Waals surface area (Å²) in [4.78, 5) is 93.1. The molecule has 15 rings (SSSR count). The fourth-order valence-corrected chi connectivity index (χ4v) is 17.6. The summed E-state index contributed by atoms with van der Waals surface area (Å²) in [6.45, 7) is 18.3. The molecule has 3 aliphatic carbocycles. The highest BCUT2D eigenvalue weighted by Crippen LogP contribution is 2.64. The summed E-state index contributed by atoms with van der Waals surface area (Å²) in [5, 5.41) is 2.88. The number of rotatable bonds is 13. The van der Waals surface area contributed by atoms with Crippen molar-refractivity contribution in [2.75, 3.05) is 19.8 Å². The van der Waals surface area contributed by atoms with Gasteiger partial charge in [0.2, 0.25) is 23.3 Å². The lowest BCUT2D eigenvalue weighted by Gasteiger charge is -2.60. The van der Waals surface area contributed by atoms with Crippen molar-refractivity contribution >= 4 is 23.8 Å². The minimum absolute atomic E-state index is 0.0179. The van der Waals surface area contributed by atoms with Crippen molar-refractivity contribution in [3.05, 3.63) is 0 Å². The van der Waals surface area contributed by atoms with E-state index in [1.54, 1.807) is 0 Å². The summed E-state index contributed by atoms with van der Waals surface area (Å²) in [7, 11) is 0. The van der Waals surface area contributed by atoms with E-state index in [9.17, 15) is 19.2 Å². The van der Waals surface area contributed by atoms with Crippen molar-refractivity contribution in [3.8, 4) is 0 Å². The average Bonchev–Trinajstić information content (AvgIpc) is 4.13. The van der Waals surface area contributed by atoms with Crippen LogP contribution in [0.1, 0.15) is 166 Å². The molecule has 0 aromatic rings. The Bertz CT molecular complexity index is 2060. The maximum Gasteiger partial charge on any atom is 0.308 e. The summed E-state index contributed by atoms with van der Waals surface area (Å²) >= 11 is 0. The normalized spacial score (nSPS) is 51.7. The number of amides is 1. The first-order valence-corrected chi connectivity index (χ1v) is 29.4. The van der Waals surface area contributed by atoms with Crippen LogP contribution in [0.3, 0.4) is 0 Å². The molecule has 12 aliphatic heterocycles. The summed E-state index contributed by atoms with van der Waals surface area (Å²) in [5.41, 5.74) is -4.16. The van der Waals surface area contributed by atoms with Gasteiger partial charge in [-0.1, -0.05) is 41.5 Å². The molecule has 12 heterocycles. The van der Waals surface area contributed by atoms with Crippen LogP contribution in [0.15, 0.2) is 0 Å². The first-order chi connectivity index (χ1) is 36.5. The number of carbonyl (C=O) groups excluding carboxylic acids is 4. The molecule has 0 aromatic heterocycles. The molecule has 20 nitrogen and oxygen atoms in total. The van der Waals surface area contributed by atoms with Gasteiger partial charge in [-0.15, -0.1) is 0 Å². The van der Waals surface area contributed by atoms with E-state index < -0.39 is 121 Å². The molecule has 15 fully saturated rings. The number of hydrogen-bond donors (Lipinski definition) is 1. The lowest BCUT2D eigenvalue weighted by atomic mass is 9.57. The Morgan fingerprint density at radius 2 is 0.740 bits per heavy atom. The monoisotopic (exact) mass is 1090 g/mol. The second-order valence-electron chi connectivity index (χ2n) is 26.9. The average molecular weight is 1090 g/mol. The van der Waals surface area contributed by atoms with E-state index in [0.717, 1.165) is 57.8 Å². The topological polar surface area (TPSA) is 219 Å². The number of carbonyl (C=O) groups is 4. The van der Waals surface area contributed by atoms with E-state index in [1.165, 1.54) is 6.92 Å². The first-order valence-electron chi connectivity index (χ1n) is 29.4. The molecule has 12 saturated heterocycles. The van der Waals surface area contributed by atoms with Gasteiger partial charge >= 0.3 is 17.9 Å². The summed E-state index contributed by atoms with van der Waals surface area (Å²) in [6.07, 6.45) is 5.55. The number of esters is 3. The first kappa shape index (κ1) is 55.0. The van der Waals surface area contributed by atoms with Gasteiger partial charge in [-0.25, -0.2) is 29.3 Å². The zero-order valence-corrected chi connectivity index (χ0v) is 46.9. The molecule has 0 aromatic carbocycles. The van der Waals surface area contributed by atoms with Crippen molar-refractivity contribution in [1.82, 2.24) is 5.32 Å². The van der Waals surface area contributed by atoms with E-state index in [4.69, 9.17) is 72.0 Å². The van der Waals surface area contributed by atoms with E-state index in [0.29, 0.717) is 37.0 Å². The Balaban J connectivity index is 0.760. The van der Waals surface area contributed by atoms with Gasteiger partial charge < -0.3 is 47.9 Å². The summed E-state index contributed by atoms with van der Waals surface area (Å²) < 4.78 is 58.1. The van der Waals surface area contributed by atoms with E-state index in [-0.39, 0.29) is 72.5 Å². The number of hydrogen-bond acceptors (Lipinski definition) is 19. The lowest BCUT2D eigenvalue weighted by Crippen LogP contribution is -2.70. The van der Waals surface area contributed by atoms with Crippen molar-refractivity contribution in [2.45, 2.75) is 242 Å². The molecule has 77 heavy (non-hydrogen) atoms. The molecule has 6 unspecified atom stereocenters. The maximum atomic E-state index is 14.3. The van der Waals surface area contributed by atoms with E-state index in [1.807, 2.05) is 20.8 Å². The fourth-order valence-electron chi connectivity index (χ4n) is 17.6. The van der Waals surface area contributed by atoms with Gasteiger partial charge in [0.1, 0.15) is 25.4 Å². The third-order valence-corrected chi connectivity index (χ3v) is 22.0. The van der Waals surface area contributed by atoms with Crippen LogP contribution in [-0.4, -0.2) is 121 Å². The Morgan fingerprint density at radius 3 is 1.03 bits per heavy atom. The van der Waals surface area contributed by atoms with Crippen molar-refractivity contribution in [3.63, 3.8) is 0 Å². The Kier molecular flexibility index (Phi) is 14.1. The predicted octanol–water partition coefficient (Wildman–Crippen LogP) is 7.41. The minimum atomic E-state index is -1.72. The van der Waals surface area contributed by atoms with Gasteiger partial charge in [0, 0.05) is 43.9 Å². The zero-order valence-electron chi connectivity index (χ0n) is 46.9. The SMILES string of the molecule is CC(=O)NC(COC(=O)CC1O[C@@H]2OC3(C)CC[C@H]4[C@H](C)CC[C@@H]([C@H]1C)[C@@]24OO3)(COC(=O)CC1O[C@@H]2OC3(C)CC[C@H]4[C@H](C)CC[C@@H]([C@H]1C)[C@@]24OO3)COC(=O)CC1O[C@@H]2OC3(C)CC[C@H]4[C@H](C)CC[C@@H]([C@H]1C)[C@@]24OO3. The third-order valence-electron chi connectivity index (χ3n) is 22.0. The molecule has 3 spiro atoms. The fraction of sp³-hybridized carbons (Fsp3) is 0.930. The highest BCUT2D eigenvalue weighted by atomic mass is 17.3. The highest BCUT2D eigenvalue weighted by molar-refractivity contribution is 5.75. The van der Waals surface area contributed by atoms with Gasteiger partial charge in [-0.2, -0.15) is 0 Å². The second kappa shape index (κ2) is 19.8. The van der Waals surface area contributed by atoms with Crippen molar-refractivity contribution in [1.29, 1.82) is 0 Å². The number of nitrogens with one attached hydrogen (secondary N) is 1. The number of ether oxygens (including phenoxy) is 9. The Morgan fingerprint density at radius 1 is 0.442 bits per heavy atom. The molecule has 15 aliphatic rings. The smallest absolute Gasteiger partial charge is 0.308 e. The quantitative estimate of drug-likeness (QED) is 0.108. The lowest BCUT2D eigenvalue weighted by molar-refractivity contribution is -0.571. The Labute approximate surface area is 452 Å². The number of fused-ring (bicyclic) bond motifs is 6. The highest BCUT2D eigenvalue weighted by Gasteiger charge is 2.72. The van der Waals surface area contributed by atoms with Crippen LogP contribution in [0.2, 0.25) is 0 Å². The Hall–Kier alpha value is -2.60. The van der Waals surface area contributed by atoms with Crippen molar-refractivity contribution < 1.29 is 91.1 Å². The van der Waals surface area contributed by atoms with Crippen LogP contribution in [0.25, 0.3) is 0 Å². The van der Waals surface area contributed by atoms with Gasteiger partial charge in [0.15, 0.2) is 35.7 Å². The molecule has 1 N–H and O–H groups in total.